The highest BCUT2D eigenvalue weighted by molar-refractivity contribution is 5.99. The van der Waals surface area contributed by atoms with Gasteiger partial charge in [-0.1, -0.05) is 18.2 Å². The van der Waals surface area contributed by atoms with E-state index in [1.54, 1.807) is 6.07 Å². The number of nitrogens with zero attached hydrogens (tertiary/aromatic N) is 3. The minimum Gasteiger partial charge on any atom is -0.486 e. The van der Waals surface area contributed by atoms with Crippen molar-refractivity contribution in [3.8, 4) is 17.2 Å². The molecular formula is C27H27N3O4. The molecule has 1 amide bonds. The lowest BCUT2D eigenvalue weighted by atomic mass is 9.88. The Bertz CT molecular complexity index is 1240. The second kappa shape index (κ2) is 8.63. The van der Waals surface area contributed by atoms with E-state index in [1.165, 1.54) is 0 Å². The summed E-state index contributed by atoms with van der Waals surface area (Å²) in [4.78, 5) is 28.4. The van der Waals surface area contributed by atoms with Gasteiger partial charge in [-0.2, -0.15) is 5.10 Å². The van der Waals surface area contributed by atoms with E-state index in [2.05, 4.69) is 0 Å². The van der Waals surface area contributed by atoms with Crippen molar-refractivity contribution in [1.29, 1.82) is 0 Å². The van der Waals surface area contributed by atoms with Crippen molar-refractivity contribution in [3.63, 3.8) is 0 Å². The number of Topliss-reactive ketones (excluding diaryl/α,β-unsaturated/α-hetero) is 1. The summed E-state index contributed by atoms with van der Waals surface area (Å²) in [5.41, 5.74) is 4.45. The van der Waals surface area contributed by atoms with E-state index in [9.17, 15) is 9.59 Å². The maximum Gasteiger partial charge on any atom is 0.274 e. The zero-order valence-corrected chi connectivity index (χ0v) is 19.0. The number of aromatic nitrogens is 2. The van der Waals surface area contributed by atoms with Crippen LogP contribution in [0.4, 0.5) is 0 Å². The maximum atomic E-state index is 13.4. The first-order valence-electron chi connectivity index (χ1n) is 12.1. The molecule has 0 unspecified atom stereocenters. The van der Waals surface area contributed by atoms with Gasteiger partial charge in [0, 0.05) is 35.8 Å². The summed E-state index contributed by atoms with van der Waals surface area (Å²) in [6.07, 6.45) is 4.19. The van der Waals surface area contributed by atoms with Gasteiger partial charge >= 0.3 is 0 Å². The quantitative estimate of drug-likeness (QED) is 0.556. The van der Waals surface area contributed by atoms with Crippen LogP contribution in [-0.4, -0.2) is 52.7 Å². The fourth-order valence-corrected chi connectivity index (χ4v) is 5.32. The van der Waals surface area contributed by atoms with Gasteiger partial charge in [0.2, 0.25) is 0 Å². The first-order valence-corrected chi connectivity index (χ1v) is 12.1. The molecule has 1 fully saturated rings. The number of likely N-dealkylation sites (tertiary alicyclic amines) is 1. The Hall–Kier alpha value is -3.61. The van der Waals surface area contributed by atoms with Gasteiger partial charge in [-0.25, -0.2) is 4.68 Å². The van der Waals surface area contributed by atoms with Gasteiger partial charge in [-0.05, 0) is 62.4 Å². The third-order valence-electron chi connectivity index (χ3n) is 7.11. The summed E-state index contributed by atoms with van der Waals surface area (Å²) in [6.45, 7) is 2.15. The molecule has 6 rings (SSSR count). The number of carbonyl (C=O) groups is 2. The maximum absolute atomic E-state index is 13.4. The van der Waals surface area contributed by atoms with Crippen molar-refractivity contribution in [2.24, 2.45) is 5.92 Å². The Morgan fingerprint density at radius 2 is 1.68 bits per heavy atom. The highest BCUT2D eigenvalue weighted by Gasteiger charge is 2.33. The zero-order valence-electron chi connectivity index (χ0n) is 19.0. The molecule has 0 spiro atoms. The molecule has 0 N–H and O–H groups in total. The number of rotatable bonds is 4. The fraction of sp³-hybridized carbons (Fsp3) is 0.370. The number of carbonyl (C=O) groups excluding carboxylic acids is 2. The number of ketones is 1. The van der Waals surface area contributed by atoms with Crippen LogP contribution in [-0.2, 0) is 12.8 Å². The molecule has 7 nitrogen and oxygen atoms in total. The van der Waals surface area contributed by atoms with Crippen LogP contribution < -0.4 is 9.47 Å². The molecule has 1 saturated heterocycles. The average molecular weight is 458 g/mol. The molecule has 7 heteroatoms. The minimum absolute atomic E-state index is 0.0157. The van der Waals surface area contributed by atoms with Gasteiger partial charge in [0.1, 0.15) is 13.2 Å². The summed E-state index contributed by atoms with van der Waals surface area (Å²) < 4.78 is 13.1. The van der Waals surface area contributed by atoms with E-state index in [0.29, 0.717) is 61.9 Å². The number of amides is 1. The predicted octanol–water partition coefficient (Wildman–Crippen LogP) is 3.87. The van der Waals surface area contributed by atoms with Crippen LogP contribution in [0, 0.1) is 5.92 Å². The molecular weight excluding hydrogens is 430 g/mol. The normalized spacial score (nSPS) is 17.5. The SMILES string of the molecule is O=C(c1ccc2c(c1)OCCO2)C1CCN(C(=O)c2nn(-c3ccccc3)c3c2CCC3)CC1. The molecule has 34 heavy (non-hydrogen) atoms. The molecule has 1 aliphatic carbocycles. The summed E-state index contributed by atoms with van der Waals surface area (Å²) in [5, 5.41) is 4.75. The topological polar surface area (TPSA) is 73.7 Å². The molecule has 3 heterocycles. The third kappa shape index (κ3) is 3.65. The van der Waals surface area contributed by atoms with Crippen molar-refractivity contribution >= 4 is 11.7 Å². The number of para-hydroxylation sites is 1. The van der Waals surface area contributed by atoms with E-state index in [0.717, 1.165) is 36.2 Å². The Kier molecular flexibility index (Phi) is 5.32. The largest absolute Gasteiger partial charge is 0.486 e. The highest BCUT2D eigenvalue weighted by atomic mass is 16.6. The molecule has 0 atom stereocenters. The fourth-order valence-electron chi connectivity index (χ4n) is 5.32. The number of hydrogen-bond donors (Lipinski definition) is 0. The lowest BCUT2D eigenvalue weighted by Crippen LogP contribution is -2.40. The van der Waals surface area contributed by atoms with Crippen LogP contribution in [0.1, 0.15) is 51.4 Å². The van der Waals surface area contributed by atoms with Gasteiger partial charge in [-0.3, -0.25) is 9.59 Å². The van der Waals surface area contributed by atoms with Crippen LogP contribution >= 0.6 is 0 Å². The van der Waals surface area contributed by atoms with Gasteiger partial charge in [-0.15, -0.1) is 0 Å². The van der Waals surface area contributed by atoms with Crippen molar-refractivity contribution in [1.82, 2.24) is 14.7 Å². The molecule has 2 aliphatic heterocycles. The predicted molar refractivity (Wildman–Crippen MR) is 126 cm³/mol. The van der Waals surface area contributed by atoms with Crippen molar-refractivity contribution in [3.05, 3.63) is 71.0 Å². The van der Waals surface area contributed by atoms with Gasteiger partial charge in [0.15, 0.2) is 23.0 Å². The van der Waals surface area contributed by atoms with E-state index in [1.807, 2.05) is 52.0 Å². The van der Waals surface area contributed by atoms with E-state index in [4.69, 9.17) is 14.6 Å². The number of benzene rings is 2. The average Bonchev–Trinajstić information content (AvgIpc) is 3.51. The Labute approximate surface area is 198 Å². The van der Waals surface area contributed by atoms with Gasteiger partial charge < -0.3 is 14.4 Å². The van der Waals surface area contributed by atoms with Crippen LogP contribution in [0.15, 0.2) is 48.5 Å². The molecule has 3 aromatic rings. The Morgan fingerprint density at radius 3 is 2.47 bits per heavy atom. The lowest BCUT2D eigenvalue weighted by Gasteiger charge is -2.31. The van der Waals surface area contributed by atoms with Crippen molar-refractivity contribution in [2.45, 2.75) is 32.1 Å². The standard InChI is InChI=1S/C27H27N3O4/c31-26(19-9-10-23-24(17-19)34-16-15-33-23)18-11-13-29(14-12-18)27(32)25-21-7-4-8-22(21)30(28-25)20-5-2-1-3-6-20/h1-3,5-6,9-10,17-18H,4,7-8,11-16H2. The highest BCUT2D eigenvalue weighted by Crippen LogP contribution is 2.33. The first-order chi connectivity index (χ1) is 16.7. The lowest BCUT2D eigenvalue weighted by molar-refractivity contribution is 0.0644. The molecule has 0 radical (unpaired) electrons. The number of piperidine rings is 1. The van der Waals surface area contributed by atoms with E-state index in [-0.39, 0.29) is 17.6 Å². The number of ether oxygens (including phenoxy) is 2. The van der Waals surface area contributed by atoms with Gasteiger partial charge in [0.05, 0.1) is 5.69 Å². The Morgan fingerprint density at radius 1 is 0.912 bits per heavy atom. The van der Waals surface area contributed by atoms with E-state index >= 15 is 0 Å². The Balaban J connectivity index is 1.16. The second-order valence-electron chi connectivity index (χ2n) is 9.16. The van der Waals surface area contributed by atoms with E-state index < -0.39 is 0 Å². The summed E-state index contributed by atoms with van der Waals surface area (Å²) in [6, 6.07) is 15.4. The molecule has 2 aromatic carbocycles. The number of fused-ring (bicyclic) bond motifs is 2. The molecule has 3 aliphatic rings. The molecule has 0 bridgehead atoms. The minimum atomic E-state index is -0.0980. The summed E-state index contributed by atoms with van der Waals surface area (Å²) >= 11 is 0. The first kappa shape index (κ1) is 21.0. The monoisotopic (exact) mass is 457 g/mol. The summed E-state index contributed by atoms with van der Waals surface area (Å²) in [5.74, 6) is 1.31. The van der Waals surface area contributed by atoms with Crippen LogP contribution in [0.3, 0.4) is 0 Å². The summed E-state index contributed by atoms with van der Waals surface area (Å²) in [7, 11) is 0. The molecule has 0 saturated carbocycles. The molecule has 1 aromatic heterocycles. The second-order valence-corrected chi connectivity index (χ2v) is 9.16. The smallest absolute Gasteiger partial charge is 0.274 e. The van der Waals surface area contributed by atoms with Crippen LogP contribution in [0.25, 0.3) is 5.69 Å². The van der Waals surface area contributed by atoms with Crippen LogP contribution in [0.5, 0.6) is 11.5 Å². The van der Waals surface area contributed by atoms with Crippen molar-refractivity contribution < 1.29 is 19.1 Å². The molecule has 174 valence electrons. The third-order valence-corrected chi connectivity index (χ3v) is 7.11. The van der Waals surface area contributed by atoms with Crippen LogP contribution in [0.2, 0.25) is 0 Å². The number of hydrogen-bond acceptors (Lipinski definition) is 5. The van der Waals surface area contributed by atoms with Gasteiger partial charge in [0.25, 0.3) is 5.91 Å². The van der Waals surface area contributed by atoms with Crippen molar-refractivity contribution in [2.75, 3.05) is 26.3 Å². The zero-order chi connectivity index (χ0) is 23.1.